The number of halogens is 4. The number of anilines is 1. The van der Waals surface area contributed by atoms with Crippen molar-refractivity contribution < 1.29 is 18.2 Å². The van der Waals surface area contributed by atoms with Crippen molar-refractivity contribution in [3.8, 4) is 0 Å². The summed E-state index contributed by atoms with van der Waals surface area (Å²) in [6.45, 7) is 0. The van der Waals surface area contributed by atoms with Crippen molar-refractivity contribution in [1.82, 2.24) is 0 Å². The fourth-order valence-corrected chi connectivity index (χ4v) is 3.42. The topological polar surface area (TPSA) is 3.24 Å². The molecule has 2 aliphatic rings. The summed E-state index contributed by atoms with van der Waals surface area (Å²) < 4.78 is 1.14. The molecular formula is C16H11BrCl3NZr-. The zero-order chi connectivity index (χ0) is 15.9. The average molecular weight is 495 g/mol. The van der Waals surface area contributed by atoms with Crippen LogP contribution in [0.15, 0.2) is 40.9 Å². The van der Waals surface area contributed by atoms with Gasteiger partial charge in [-0.1, -0.05) is 21.5 Å². The molecule has 0 bridgehead atoms. The van der Waals surface area contributed by atoms with E-state index in [2.05, 4.69) is 70.4 Å². The van der Waals surface area contributed by atoms with Crippen LogP contribution < -0.4 is 4.90 Å². The van der Waals surface area contributed by atoms with Crippen molar-refractivity contribution in [1.29, 1.82) is 0 Å². The van der Waals surface area contributed by atoms with Crippen LogP contribution in [-0.4, -0.2) is 7.05 Å². The average Bonchev–Trinajstić information content (AvgIpc) is 2.95. The van der Waals surface area contributed by atoms with Crippen LogP contribution in [-0.2, 0) is 18.2 Å². The summed E-state index contributed by atoms with van der Waals surface area (Å²) in [4.78, 5) is 2.35. The molecule has 2 aromatic rings. The minimum atomic E-state index is -2.13. The van der Waals surface area contributed by atoms with E-state index < -0.39 is 18.2 Å². The molecule has 0 fully saturated rings. The van der Waals surface area contributed by atoms with Crippen LogP contribution >= 0.6 is 41.5 Å². The van der Waals surface area contributed by atoms with Gasteiger partial charge in [-0.15, -0.1) is 41.5 Å². The molecule has 22 heavy (non-hydrogen) atoms. The molecule has 4 rings (SSSR count). The maximum absolute atomic E-state index is 5.00. The summed E-state index contributed by atoms with van der Waals surface area (Å²) in [6, 6.07) is 16.5. The van der Waals surface area contributed by atoms with Gasteiger partial charge in [0.15, 0.2) is 0 Å². The summed E-state index contributed by atoms with van der Waals surface area (Å²) >= 11 is 1.44. The van der Waals surface area contributed by atoms with E-state index in [-0.39, 0.29) is 0 Å². The van der Waals surface area contributed by atoms with Crippen molar-refractivity contribution >= 4 is 58.8 Å². The predicted molar refractivity (Wildman–Crippen MR) is 96.0 cm³/mol. The fourth-order valence-electron chi connectivity index (χ4n) is 3.06. The number of nitrogens with zero attached hydrogens (tertiary/aromatic N) is 1. The second kappa shape index (κ2) is 6.99. The van der Waals surface area contributed by atoms with Crippen molar-refractivity contribution in [2.45, 2.75) is 6.04 Å². The van der Waals surface area contributed by atoms with Crippen LogP contribution in [0.3, 0.4) is 0 Å². The Morgan fingerprint density at radius 1 is 1.23 bits per heavy atom. The van der Waals surface area contributed by atoms with Crippen LogP contribution in [0.5, 0.6) is 0 Å². The second-order valence-corrected chi connectivity index (χ2v) is 17.1. The van der Waals surface area contributed by atoms with Crippen molar-refractivity contribution in [3.63, 3.8) is 0 Å². The monoisotopic (exact) mass is 491 g/mol. The molecule has 1 nitrogen and oxygen atoms in total. The van der Waals surface area contributed by atoms with Gasteiger partial charge in [0.2, 0.25) is 0 Å². The summed E-state index contributed by atoms with van der Waals surface area (Å²) in [5.41, 5.74) is 6.63. The minimum absolute atomic E-state index is 0.363. The Morgan fingerprint density at radius 3 is 2.68 bits per heavy atom. The van der Waals surface area contributed by atoms with Gasteiger partial charge in [0.1, 0.15) is 0 Å². The first-order valence-electron chi connectivity index (χ1n) is 6.57. The van der Waals surface area contributed by atoms with Crippen LogP contribution in [0.1, 0.15) is 22.7 Å². The van der Waals surface area contributed by atoms with Crippen molar-refractivity contribution in [3.05, 3.63) is 63.6 Å². The zero-order valence-corrected chi connectivity index (χ0v) is 17.9. The Balaban J connectivity index is 0.000000325. The van der Waals surface area contributed by atoms with Gasteiger partial charge in [0.05, 0.1) is 0 Å². The molecule has 0 spiro atoms. The number of hydrogen-bond acceptors (Lipinski definition) is 1. The van der Waals surface area contributed by atoms with Crippen molar-refractivity contribution in [2.75, 3.05) is 11.9 Å². The first-order valence-corrected chi connectivity index (χ1v) is 16.9. The van der Waals surface area contributed by atoms with Gasteiger partial charge < -0.3 is 4.90 Å². The third kappa shape index (κ3) is 3.21. The summed E-state index contributed by atoms with van der Waals surface area (Å²) in [7, 11) is 17.2. The van der Waals surface area contributed by atoms with E-state index in [4.69, 9.17) is 25.5 Å². The van der Waals surface area contributed by atoms with Gasteiger partial charge >= 0.3 is 43.7 Å². The van der Waals surface area contributed by atoms with E-state index in [0.29, 0.717) is 6.04 Å². The Morgan fingerprint density at radius 2 is 1.95 bits per heavy atom. The first kappa shape index (κ1) is 17.0. The van der Waals surface area contributed by atoms with Crippen LogP contribution in [0.25, 0.3) is 11.6 Å². The van der Waals surface area contributed by atoms with Crippen LogP contribution in [0.2, 0.25) is 0 Å². The normalized spacial score (nSPS) is 17.0. The summed E-state index contributed by atoms with van der Waals surface area (Å²) in [6.07, 6.45) is 2.27. The molecule has 0 N–H and O–H groups in total. The molecule has 0 radical (unpaired) electrons. The predicted octanol–water partition coefficient (Wildman–Crippen LogP) is 6.36. The molecule has 2 aromatic carbocycles. The molecule has 1 aliphatic carbocycles. The van der Waals surface area contributed by atoms with Gasteiger partial charge in [-0.3, -0.25) is 0 Å². The Kier molecular flexibility index (Phi) is 5.42. The molecular weight excluding hydrogens is 484 g/mol. The van der Waals surface area contributed by atoms with E-state index in [9.17, 15) is 0 Å². The number of fused-ring (bicyclic) bond motifs is 5. The number of likely N-dealkylation sites (N-methyl/N-ethyl adjacent to an activating group) is 1. The number of benzene rings is 2. The first-order chi connectivity index (χ1) is 10.5. The van der Waals surface area contributed by atoms with E-state index in [1.807, 2.05) is 6.07 Å². The third-order valence-corrected chi connectivity index (χ3v) is 4.34. The molecule has 1 aliphatic heterocycles. The molecule has 113 valence electrons. The van der Waals surface area contributed by atoms with E-state index in [1.165, 1.54) is 28.0 Å². The van der Waals surface area contributed by atoms with E-state index in [0.717, 1.165) is 4.47 Å². The Bertz CT molecular complexity index is 745. The van der Waals surface area contributed by atoms with Gasteiger partial charge in [0, 0.05) is 23.2 Å². The molecule has 0 saturated heterocycles. The van der Waals surface area contributed by atoms with E-state index >= 15 is 0 Å². The fraction of sp³-hybridized carbons (Fsp3) is 0.125. The second-order valence-electron chi connectivity index (χ2n) is 5.03. The quantitative estimate of drug-likeness (QED) is 0.385. The summed E-state index contributed by atoms with van der Waals surface area (Å²) in [5, 5.41) is 0. The molecule has 1 unspecified atom stereocenters. The zero-order valence-electron chi connectivity index (χ0n) is 11.6. The maximum atomic E-state index is 5.00. The van der Waals surface area contributed by atoms with Gasteiger partial charge in [-0.2, -0.15) is 0 Å². The van der Waals surface area contributed by atoms with Crippen LogP contribution in [0, 0.1) is 6.07 Å². The standard InChI is InChI=1S/C16H11BrN.3ClH.Zr/c1-18-15-7-6-11(17)9-13(15)14-8-10-4-2-3-5-12(10)16(14)18;;;;/h2-3,5-9,16H,1H3;3*1H;/q-1;;;;+3/p-3. The van der Waals surface area contributed by atoms with Crippen molar-refractivity contribution in [2.24, 2.45) is 0 Å². The third-order valence-electron chi connectivity index (χ3n) is 3.85. The Hall–Kier alpha value is 0.213. The Labute approximate surface area is 157 Å². The molecule has 1 atom stereocenters. The molecule has 0 amide bonds. The van der Waals surface area contributed by atoms with Gasteiger partial charge in [0.25, 0.3) is 0 Å². The molecule has 0 aromatic heterocycles. The van der Waals surface area contributed by atoms with Gasteiger partial charge in [-0.05, 0) is 23.8 Å². The molecule has 0 saturated carbocycles. The number of hydrogen-bond donors (Lipinski definition) is 0. The molecule has 6 heteroatoms. The summed E-state index contributed by atoms with van der Waals surface area (Å²) in [5.74, 6) is 0. The van der Waals surface area contributed by atoms with E-state index in [1.54, 1.807) is 0 Å². The van der Waals surface area contributed by atoms with Crippen LogP contribution in [0.4, 0.5) is 5.69 Å². The number of rotatable bonds is 0. The molecule has 1 heterocycles. The SMILES string of the molecule is CN1c2ccc(Br)cc2C2=Cc3[c-]cccc3C21.[Cl][Zr]([Cl])[Cl]. The van der Waals surface area contributed by atoms with Gasteiger partial charge in [-0.25, -0.2) is 0 Å².